The van der Waals surface area contributed by atoms with Crippen molar-refractivity contribution in [3.8, 4) is 11.5 Å². The van der Waals surface area contributed by atoms with Crippen molar-refractivity contribution in [3.63, 3.8) is 0 Å². The molecule has 1 heterocycles. The highest BCUT2D eigenvalue weighted by molar-refractivity contribution is 7.10. The maximum Gasteiger partial charge on any atom is 0.272 e. The second-order valence-corrected chi connectivity index (χ2v) is 7.79. The number of amides is 3. The maximum atomic E-state index is 13.0. The number of benzene rings is 2. The van der Waals surface area contributed by atoms with E-state index in [-0.39, 0.29) is 11.6 Å². The molecule has 1 aromatic heterocycles. The number of hydrogen-bond acceptors (Lipinski definition) is 6. The van der Waals surface area contributed by atoms with Gasteiger partial charge < -0.3 is 25.4 Å². The summed E-state index contributed by atoms with van der Waals surface area (Å²) in [6, 6.07) is 15.1. The third-order valence-corrected chi connectivity index (χ3v) is 5.25. The molecule has 33 heavy (non-hydrogen) atoms. The first kappa shape index (κ1) is 23.6. The Balaban J connectivity index is 1.81. The number of nitrogens with one attached hydrogen (secondary N) is 3. The number of ether oxygens (including phenoxy) is 2. The summed E-state index contributed by atoms with van der Waals surface area (Å²) in [7, 11) is 2.98. The van der Waals surface area contributed by atoms with Crippen molar-refractivity contribution in [2.75, 3.05) is 24.9 Å². The molecule has 0 spiro atoms. The third kappa shape index (κ3) is 6.44. The Kier molecular flexibility index (Phi) is 7.82. The number of anilines is 2. The van der Waals surface area contributed by atoms with Gasteiger partial charge in [0.05, 0.1) is 14.2 Å². The van der Waals surface area contributed by atoms with Gasteiger partial charge in [-0.1, -0.05) is 6.07 Å². The molecule has 0 atom stereocenters. The normalized spacial score (nSPS) is 10.8. The summed E-state index contributed by atoms with van der Waals surface area (Å²) >= 11 is 1.43. The van der Waals surface area contributed by atoms with Crippen LogP contribution >= 0.6 is 11.3 Å². The lowest BCUT2D eigenvalue weighted by molar-refractivity contribution is -0.114. The molecule has 2 aromatic carbocycles. The molecule has 0 fully saturated rings. The Morgan fingerprint density at radius 2 is 1.55 bits per heavy atom. The van der Waals surface area contributed by atoms with Gasteiger partial charge in [-0.3, -0.25) is 14.4 Å². The first-order chi connectivity index (χ1) is 15.9. The summed E-state index contributed by atoms with van der Waals surface area (Å²) in [6.07, 6.45) is 1.60. The van der Waals surface area contributed by atoms with Crippen LogP contribution in [0.25, 0.3) is 6.08 Å². The van der Waals surface area contributed by atoms with Gasteiger partial charge in [-0.25, -0.2) is 0 Å². The standard InChI is InChI=1S/C24H23N3O5S/c1-15(28)25-17-7-9-18(10-8-17)26-24(30)20(14-19-5-4-12-33-19)27-23(29)16-6-11-21(31-2)22(13-16)32-3/h4-14H,1-3H3,(H,25,28)(H,26,30)(H,27,29)/b20-14-. The van der Waals surface area contributed by atoms with E-state index in [1.807, 2.05) is 17.5 Å². The van der Waals surface area contributed by atoms with Gasteiger partial charge in [0.2, 0.25) is 5.91 Å². The van der Waals surface area contributed by atoms with Gasteiger partial charge in [-0.05, 0) is 60.0 Å². The summed E-state index contributed by atoms with van der Waals surface area (Å²) < 4.78 is 10.5. The molecular formula is C24H23N3O5S. The molecule has 3 aromatic rings. The molecule has 170 valence electrons. The zero-order valence-corrected chi connectivity index (χ0v) is 19.1. The van der Waals surface area contributed by atoms with E-state index in [0.29, 0.717) is 28.4 Å². The van der Waals surface area contributed by atoms with Crippen LogP contribution in [0.2, 0.25) is 0 Å². The zero-order valence-electron chi connectivity index (χ0n) is 18.3. The molecule has 0 aliphatic carbocycles. The summed E-state index contributed by atoms with van der Waals surface area (Å²) in [5.74, 6) is -0.272. The van der Waals surface area contributed by atoms with E-state index in [9.17, 15) is 14.4 Å². The summed E-state index contributed by atoms with van der Waals surface area (Å²) in [5.41, 5.74) is 1.49. The number of carbonyl (C=O) groups is 3. The fourth-order valence-electron chi connectivity index (χ4n) is 2.88. The minimum atomic E-state index is -0.496. The van der Waals surface area contributed by atoms with Gasteiger partial charge in [-0.15, -0.1) is 11.3 Å². The second kappa shape index (κ2) is 11.0. The number of methoxy groups -OCH3 is 2. The molecule has 3 N–H and O–H groups in total. The fourth-order valence-corrected chi connectivity index (χ4v) is 3.54. The molecule has 0 bridgehead atoms. The van der Waals surface area contributed by atoms with Crippen LogP contribution in [0.3, 0.4) is 0 Å². The number of rotatable bonds is 8. The van der Waals surface area contributed by atoms with E-state index in [2.05, 4.69) is 16.0 Å². The number of thiophene rings is 1. The van der Waals surface area contributed by atoms with Crippen molar-refractivity contribution in [2.24, 2.45) is 0 Å². The van der Waals surface area contributed by atoms with E-state index in [1.165, 1.54) is 38.5 Å². The Hall–Kier alpha value is -4.11. The molecule has 3 amide bonds. The molecule has 0 radical (unpaired) electrons. The Bertz CT molecular complexity index is 1170. The van der Waals surface area contributed by atoms with Crippen LogP contribution in [0.15, 0.2) is 65.7 Å². The van der Waals surface area contributed by atoms with Gasteiger partial charge >= 0.3 is 0 Å². The highest BCUT2D eigenvalue weighted by Gasteiger charge is 2.17. The van der Waals surface area contributed by atoms with E-state index in [4.69, 9.17) is 9.47 Å². The van der Waals surface area contributed by atoms with Crippen molar-refractivity contribution in [2.45, 2.75) is 6.92 Å². The van der Waals surface area contributed by atoms with E-state index in [1.54, 1.807) is 42.5 Å². The number of carbonyl (C=O) groups excluding carboxylic acids is 3. The minimum Gasteiger partial charge on any atom is -0.493 e. The monoisotopic (exact) mass is 465 g/mol. The summed E-state index contributed by atoms with van der Waals surface area (Å²) in [6.45, 7) is 1.42. The average Bonchev–Trinajstić information content (AvgIpc) is 3.32. The number of hydrogen-bond donors (Lipinski definition) is 3. The van der Waals surface area contributed by atoms with Gasteiger partial charge in [0, 0.05) is 28.7 Å². The molecular weight excluding hydrogens is 442 g/mol. The van der Waals surface area contributed by atoms with Crippen LogP contribution < -0.4 is 25.4 Å². The smallest absolute Gasteiger partial charge is 0.272 e. The molecule has 8 nitrogen and oxygen atoms in total. The van der Waals surface area contributed by atoms with Crippen LogP contribution in [0.4, 0.5) is 11.4 Å². The van der Waals surface area contributed by atoms with Crippen LogP contribution in [0.1, 0.15) is 22.2 Å². The lowest BCUT2D eigenvalue weighted by Crippen LogP contribution is -2.30. The molecule has 0 unspecified atom stereocenters. The molecule has 0 aliphatic rings. The highest BCUT2D eigenvalue weighted by Crippen LogP contribution is 2.27. The fraction of sp³-hybridized carbons (Fsp3) is 0.125. The van der Waals surface area contributed by atoms with Gasteiger partial charge in [0.15, 0.2) is 11.5 Å². The molecule has 0 saturated carbocycles. The van der Waals surface area contributed by atoms with Crippen LogP contribution in [-0.2, 0) is 9.59 Å². The largest absolute Gasteiger partial charge is 0.493 e. The predicted octanol–water partition coefficient (Wildman–Crippen LogP) is 4.13. The Morgan fingerprint density at radius 3 is 2.12 bits per heavy atom. The summed E-state index contributed by atoms with van der Waals surface area (Å²) in [4.78, 5) is 37.8. The SMILES string of the molecule is COc1ccc(C(=O)N/C(=C\c2cccs2)C(=O)Nc2ccc(NC(C)=O)cc2)cc1OC. The van der Waals surface area contributed by atoms with Crippen LogP contribution in [0, 0.1) is 0 Å². The van der Waals surface area contributed by atoms with Gasteiger partial charge in [-0.2, -0.15) is 0 Å². The lowest BCUT2D eigenvalue weighted by atomic mass is 10.1. The summed E-state index contributed by atoms with van der Waals surface area (Å²) in [5, 5.41) is 9.97. The van der Waals surface area contributed by atoms with E-state index < -0.39 is 11.8 Å². The lowest BCUT2D eigenvalue weighted by Gasteiger charge is -2.13. The predicted molar refractivity (Wildman–Crippen MR) is 129 cm³/mol. The second-order valence-electron chi connectivity index (χ2n) is 6.81. The van der Waals surface area contributed by atoms with Crippen molar-refractivity contribution >= 4 is 46.5 Å². The molecule has 0 saturated heterocycles. The van der Waals surface area contributed by atoms with E-state index in [0.717, 1.165) is 4.88 Å². The van der Waals surface area contributed by atoms with Crippen molar-refractivity contribution in [1.82, 2.24) is 5.32 Å². The van der Waals surface area contributed by atoms with Crippen molar-refractivity contribution in [1.29, 1.82) is 0 Å². The Labute approximate surface area is 195 Å². The van der Waals surface area contributed by atoms with Gasteiger partial charge in [0.1, 0.15) is 5.70 Å². The molecule has 0 aliphatic heterocycles. The van der Waals surface area contributed by atoms with Crippen LogP contribution in [0.5, 0.6) is 11.5 Å². The van der Waals surface area contributed by atoms with Gasteiger partial charge in [0.25, 0.3) is 11.8 Å². The first-order valence-electron chi connectivity index (χ1n) is 9.87. The first-order valence-corrected chi connectivity index (χ1v) is 10.7. The van der Waals surface area contributed by atoms with Crippen molar-refractivity contribution < 1.29 is 23.9 Å². The quantitative estimate of drug-likeness (QED) is 0.434. The molecule has 9 heteroatoms. The maximum absolute atomic E-state index is 13.0. The van der Waals surface area contributed by atoms with Crippen LogP contribution in [-0.4, -0.2) is 31.9 Å². The molecule has 3 rings (SSSR count). The third-order valence-electron chi connectivity index (χ3n) is 4.43. The minimum absolute atomic E-state index is 0.0724. The highest BCUT2D eigenvalue weighted by atomic mass is 32.1. The Morgan fingerprint density at radius 1 is 0.879 bits per heavy atom. The topological polar surface area (TPSA) is 106 Å². The van der Waals surface area contributed by atoms with E-state index >= 15 is 0 Å². The zero-order chi connectivity index (χ0) is 23.8. The average molecular weight is 466 g/mol. The van der Waals surface area contributed by atoms with Crippen molar-refractivity contribution in [3.05, 3.63) is 76.1 Å².